The Balaban J connectivity index is 1.18. The first kappa shape index (κ1) is 90.0. The lowest BCUT2D eigenvalue weighted by Crippen LogP contribution is -2.70. The quantitative estimate of drug-likeness (QED) is 0.0290. The topological polar surface area (TPSA) is 768 Å². The van der Waals surface area contributed by atoms with Crippen LogP contribution in [-0.2, 0) is 90.3 Å². The number of carboxylic acids is 1. The molecule has 29 N–H and O–H groups in total. The summed E-state index contributed by atoms with van der Waals surface area (Å²) in [5.74, 6) is -8.69. The zero-order chi connectivity index (χ0) is 79.7. The maximum atomic E-state index is 13.0. The summed E-state index contributed by atoms with van der Waals surface area (Å²) >= 11 is 0. The van der Waals surface area contributed by atoms with Crippen LogP contribution in [0.5, 0.6) is 0 Å². The Morgan fingerprint density at radius 1 is 0.421 bits per heavy atom. The van der Waals surface area contributed by atoms with Crippen LogP contribution in [0.3, 0.4) is 0 Å². The van der Waals surface area contributed by atoms with Crippen LogP contribution in [0.2, 0.25) is 0 Å². The van der Waals surface area contributed by atoms with Crippen LogP contribution in [-0.4, -0.2) is 461 Å². The van der Waals surface area contributed by atoms with Crippen molar-refractivity contribution in [2.24, 2.45) is 0 Å². The van der Waals surface area contributed by atoms with E-state index in [4.69, 9.17) is 66.3 Å². The van der Waals surface area contributed by atoms with Crippen molar-refractivity contribution >= 4 is 29.6 Å². The minimum absolute atomic E-state index is 0.795. The second-order valence-corrected chi connectivity index (χ2v) is 26.6. The van der Waals surface area contributed by atoms with Gasteiger partial charge in [0, 0.05) is 34.1 Å². The Morgan fingerprint density at radius 2 is 0.850 bits per heavy atom. The highest BCUT2D eigenvalue weighted by Gasteiger charge is 2.61. The Bertz CT molecular complexity index is 2820. The summed E-state index contributed by atoms with van der Waals surface area (Å²) in [4.78, 5) is 62.8. The number of hydrogen-bond acceptors (Lipinski definition) is 43. The molecule has 7 saturated heterocycles. The molecule has 0 unspecified atom stereocenters. The molecule has 0 aromatic carbocycles. The van der Waals surface area contributed by atoms with Gasteiger partial charge in [-0.25, -0.2) is 4.79 Å². The molecular formula is C59H100N4O44. The fourth-order valence-corrected chi connectivity index (χ4v) is 13.2. The summed E-state index contributed by atoms with van der Waals surface area (Å²) in [6, 6.07) is -7.25. The lowest BCUT2D eigenvalue weighted by atomic mass is 9.88. The predicted molar refractivity (Wildman–Crippen MR) is 330 cm³/mol. The van der Waals surface area contributed by atoms with Gasteiger partial charge >= 0.3 is 5.97 Å². The largest absolute Gasteiger partial charge is 0.477 e. The molecule has 620 valence electrons. The Morgan fingerprint density at radius 3 is 1.35 bits per heavy atom. The fourth-order valence-electron chi connectivity index (χ4n) is 13.2. The highest BCUT2D eigenvalue weighted by atomic mass is 16.8. The molecule has 4 amide bonds. The SMILES string of the molecule is CC(=O)N[C@H]1[C@H](O[C@@H]([C@H](O)[C@H](CO)NC(C)=O)[C@H](O)CO)O[C@H](CO)[C@@H](O[C@@H]2O[C@H](CO[C@H]3O[C@H](CO)[C@@H](O)[C@H](O)[C@@H]3O)[C@@H](O)[C@H](O[C@H]3O[C@H](CO)[C@@H](O)[C@H](O)[C@@H]3O[C@@H]3O[C@H](CO)[C@@H](O[C@@H]4O[C@H](CO[C@]5(C(=O)O)C[C@H](O)[C@@H](NC(C)=O)[C@H]([C@@H](O)[C@H](O)CO)O5)[C@H](O)[C@H](O)[C@H]4O)[C@H](O)[C@H]3NC(C)=O)[C@@H]2O)[C@@H]1O. The number of carbonyl (C=O) groups excluding carboxylic acids is 4. The first-order valence-electron chi connectivity index (χ1n) is 33.7. The number of amides is 4. The van der Waals surface area contributed by atoms with Crippen LogP contribution >= 0.6 is 0 Å². The van der Waals surface area contributed by atoms with Crippen LogP contribution in [0.25, 0.3) is 0 Å². The summed E-state index contributed by atoms with van der Waals surface area (Å²) in [5.41, 5.74) is 0. The van der Waals surface area contributed by atoms with Crippen molar-refractivity contribution in [3.05, 3.63) is 0 Å². The van der Waals surface area contributed by atoms with E-state index in [0.29, 0.717) is 0 Å². The van der Waals surface area contributed by atoms with Crippen LogP contribution in [0.15, 0.2) is 0 Å². The molecule has 7 fully saturated rings. The lowest BCUT2D eigenvalue weighted by molar-refractivity contribution is -0.397. The molecule has 7 aliphatic heterocycles. The third-order valence-corrected chi connectivity index (χ3v) is 18.9. The van der Waals surface area contributed by atoms with Gasteiger partial charge in [0.1, 0.15) is 183 Å². The third kappa shape index (κ3) is 20.8. The van der Waals surface area contributed by atoms with E-state index in [1.54, 1.807) is 0 Å². The number of aliphatic hydroxyl groups excluding tert-OH is 24. The van der Waals surface area contributed by atoms with Gasteiger partial charge in [-0.1, -0.05) is 0 Å². The van der Waals surface area contributed by atoms with Crippen molar-refractivity contribution in [1.29, 1.82) is 0 Å². The summed E-state index contributed by atoms with van der Waals surface area (Å²) in [6.45, 7) is -6.36. The number of ether oxygens (including phenoxy) is 14. The molecule has 48 heteroatoms. The van der Waals surface area contributed by atoms with E-state index in [0.717, 1.165) is 27.7 Å². The molecule has 0 bridgehead atoms. The standard InChI is InChI=1S/C59H100N4O44/c1-15(71)60-19(6-64)32(78)46(22(77)8-66)102-52-30(62-17(3)73)38(84)48(26(12-70)98-52)104-56-45(91)50(37(83)27(100-56)13-94-54-43(89)40(86)34(80)23(9-67)96-54)105-57-51(42(88)35(81)24(10-68)97-57)106-53-31(63-18(4)74)39(85)47(25(11-69)99-53)103-55-44(90)41(87)36(82)28(101-55)14-95-59(58(92)93)5-20(75)29(61-16(2)72)49(107-59)33(79)21(76)7-65/h19-57,64-70,75-91H,5-14H2,1-4H3,(H,60,71)(H,61,72)(H,62,73)(H,63,74)(H,92,93)/t19-,20-,21+,22+,23+,24+,25+,26+,27+,28+,29+,30+,31+,32+,33-,34+,35+,36-,37+,38+,39+,40-,41-,42-,43-,44+,45-,46+,47+,48+,49+,50-,51-,52-,53-,54-,55-,56-,57+,59+/m0/s1. The number of aliphatic hydroxyl groups is 24. The van der Waals surface area contributed by atoms with Crippen molar-refractivity contribution in [3.8, 4) is 0 Å². The predicted octanol–water partition coefficient (Wildman–Crippen LogP) is -19.0. The Hall–Kier alpha value is -4.17. The minimum Gasteiger partial charge on any atom is -0.477 e. The van der Waals surface area contributed by atoms with Gasteiger partial charge in [-0.15, -0.1) is 0 Å². The number of carboxylic acid groups (broad SMARTS) is 1. The lowest BCUT2D eigenvalue weighted by Gasteiger charge is -2.51. The number of aliphatic carboxylic acids is 1. The van der Waals surface area contributed by atoms with Crippen molar-refractivity contribution in [2.45, 2.75) is 279 Å². The van der Waals surface area contributed by atoms with Gasteiger partial charge in [-0.2, -0.15) is 0 Å². The molecule has 7 aliphatic rings. The number of rotatable bonds is 33. The molecule has 0 spiro atoms. The van der Waals surface area contributed by atoms with Crippen molar-refractivity contribution in [1.82, 2.24) is 21.3 Å². The molecule has 7 rings (SSSR count). The molecule has 0 aromatic rings. The van der Waals surface area contributed by atoms with Gasteiger partial charge in [-0.05, 0) is 0 Å². The van der Waals surface area contributed by atoms with Crippen LogP contribution in [0, 0.1) is 0 Å². The van der Waals surface area contributed by atoms with Gasteiger partial charge in [-0.3, -0.25) is 19.2 Å². The van der Waals surface area contributed by atoms with Crippen LogP contribution in [0.4, 0.5) is 0 Å². The summed E-state index contributed by atoms with van der Waals surface area (Å²) in [7, 11) is 0. The number of carbonyl (C=O) groups is 5. The van der Waals surface area contributed by atoms with Gasteiger partial charge < -0.3 is 215 Å². The summed E-state index contributed by atoms with van der Waals surface area (Å²) in [6.07, 6.45) is -76.5. The molecule has 0 aliphatic carbocycles. The molecule has 7 heterocycles. The second-order valence-electron chi connectivity index (χ2n) is 26.6. The van der Waals surface area contributed by atoms with Crippen molar-refractivity contribution in [3.63, 3.8) is 0 Å². The third-order valence-electron chi connectivity index (χ3n) is 18.9. The maximum Gasteiger partial charge on any atom is 0.364 e. The van der Waals surface area contributed by atoms with Crippen molar-refractivity contribution in [2.75, 3.05) is 59.5 Å². The number of nitrogens with one attached hydrogen (secondary N) is 4. The summed E-state index contributed by atoms with van der Waals surface area (Å²) < 4.78 is 81.7. The van der Waals surface area contributed by atoms with E-state index in [1.165, 1.54) is 0 Å². The van der Waals surface area contributed by atoms with Gasteiger partial charge in [0.2, 0.25) is 23.6 Å². The van der Waals surface area contributed by atoms with Crippen molar-refractivity contribution < 1.29 is 218 Å². The normalized spacial score (nSPS) is 43.8. The van der Waals surface area contributed by atoms with Gasteiger partial charge in [0.25, 0.3) is 5.79 Å². The summed E-state index contributed by atoms with van der Waals surface area (Å²) in [5, 5.41) is 283. The van der Waals surface area contributed by atoms with Crippen LogP contribution in [0.1, 0.15) is 34.1 Å². The maximum absolute atomic E-state index is 13.0. The van der Waals surface area contributed by atoms with E-state index in [2.05, 4.69) is 21.3 Å². The highest BCUT2D eigenvalue weighted by Crippen LogP contribution is 2.40. The van der Waals surface area contributed by atoms with Crippen LogP contribution < -0.4 is 21.3 Å². The average Bonchev–Trinajstić information content (AvgIpc) is 0.768. The second kappa shape index (κ2) is 39.5. The molecule has 0 saturated carbocycles. The first-order valence-corrected chi connectivity index (χ1v) is 33.7. The van der Waals surface area contributed by atoms with E-state index in [1.807, 2.05) is 0 Å². The van der Waals surface area contributed by atoms with E-state index >= 15 is 0 Å². The molecule has 0 aromatic heterocycles. The van der Waals surface area contributed by atoms with Gasteiger partial charge in [0.15, 0.2) is 37.7 Å². The number of hydrogen-bond donors (Lipinski definition) is 29. The zero-order valence-electron chi connectivity index (χ0n) is 57.5. The minimum atomic E-state index is -3.07. The average molecular weight is 1570 g/mol. The van der Waals surface area contributed by atoms with E-state index in [9.17, 15) is 152 Å². The first-order chi connectivity index (χ1) is 50.4. The molecule has 0 radical (unpaired) electrons. The zero-order valence-corrected chi connectivity index (χ0v) is 57.5. The molecule has 48 nitrogen and oxygen atoms in total. The molecule has 107 heavy (non-hydrogen) atoms. The fraction of sp³-hybridized carbons (Fsp3) is 0.915. The Labute approximate surface area is 605 Å². The monoisotopic (exact) mass is 1570 g/mol. The van der Waals surface area contributed by atoms with Gasteiger partial charge in [0.05, 0.1) is 77.6 Å². The Kier molecular flexibility index (Phi) is 33.3. The molecule has 40 atom stereocenters. The highest BCUT2D eigenvalue weighted by molar-refractivity contribution is 5.77. The smallest absolute Gasteiger partial charge is 0.364 e. The van der Waals surface area contributed by atoms with E-state index in [-0.39, 0.29) is 0 Å². The van der Waals surface area contributed by atoms with E-state index < -0.39 is 340 Å². The molecular weight excluding hydrogens is 1470 g/mol.